The smallest absolute Gasteiger partial charge is 0.0668 e. The summed E-state index contributed by atoms with van der Waals surface area (Å²) in [6.45, 7) is 13.2. The topological polar surface area (TPSA) is 24.7 Å². The summed E-state index contributed by atoms with van der Waals surface area (Å²) in [5.41, 5.74) is 6.91. The lowest BCUT2D eigenvalue weighted by atomic mass is 9.97. The Kier molecular flexibility index (Phi) is 7.97. The SMILES string of the molecule is CCC(C)c1ccccc1N=C(C)c1ccc(C(C)=Nc2ccccc2C(C)CC)s1. The molecule has 2 nitrogen and oxygen atoms in total. The van der Waals surface area contributed by atoms with E-state index in [0.717, 1.165) is 35.6 Å². The molecule has 162 valence electrons. The monoisotopic (exact) mass is 430 g/mol. The van der Waals surface area contributed by atoms with Gasteiger partial charge in [0, 0.05) is 9.75 Å². The summed E-state index contributed by atoms with van der Waals surface area (Å²) in [4.78, 5) is 12.4. The highest BCUT2D eigenvalue weighted by molar-refractivity contribution is 7.16. The number of aliphatic imine (C=N–C) groups is 2. The molecule has 0 spiro atoms. The molecule has 2 unspecified atom stereocenters. The van der Waals surface area contributed by atoms with Gasteiger partial charge in [-0.05, 0) is 73.9 Å². The minimum absolute atomic E-state index is 0.506. The summed E-state index contributed by atoms with van der Waals surface area (Å²) >= 11 is 1.77. The molecular formula is C28H34N2S. The Bertz CT molecular complexity index is 990. The maximum atomic E-state index is 4.99. The van der Waals surface area contributed by atoms with Crippen LogP contribution in [0, 0.1) is 0 Å². The fraction of sp³-hybridized carbons (Fsp3) is 0.357. The van der Waals surface area contributed by atoms with Gasteiger partial charge in [0.15, 0.2) is 0 Å². The molecule has 3 aromatic rings. The summed E-state index contributed by atoms with van der Waals surface area (Å²) < 4.78 is 0. The highest BCUT2D eigenvalue weighted by Crippen LogP contribution is 2.32. The normalized spacial score (nSPS) is 14.5. The van der Waals surface area contributed by atoms with E-state index >= 15 is 0 Å². The van der Waals surface area contributed by atoms with Crippen molar-refractivity contribution in [1.82, 2.24) is 0 Å². The highest BCUT2D eigenvalue weighted by atomic mass is 32.1. The number of benzene rings is 2. The lowest BCUT2D eigenvalue weighted by Gasteiger charge is -2.12. The Hall–Kier alpha value is -2.52. The molecule has 3 heteroatoms. The molecule has 31 heavy (non-hydrogen) atoms. The van der Waals surface area contributed by atoms with Gasteiger partial charge in [0.05, 0.1) is 22.8 Å². The van der Waals surface area contributed by atoms with Gasteiger partial charge in [-0.1, -0.05) is 64.1 Å². The van der Waals surface area contributed by atoms with Gasteiger partial charge in [-0.2, -0.15) is 0 Å². The van der Waals surface area contributed by atoms with Gasteiger partial charge in [-0.15, -0.1) is 11.3 Å². The molecule has 0 aliphatic rings. The third-order valence-corrected chi connectivity index (χ3v) is 7.36. The van der Waals surface area contributed by atoms with Crippen LogP contribution in [0.1, 0.15) is 87.1 Å². The molecule has 0 N–H and O–H groups in total. The van der Waals surface area contributed by atoms with Crippen molar-refractivity contribution in [2.45, 2.75) is 66.2 Å². The number of rotatable bonds is 8. The largest absolute Gasteiger partial charge is 0.252 e. The van der Waals surface area contributed by atoms with Gasteiger partial charge >= 0.3 is 0 Å². The number of thiophene rings is 1. The molecule has 0 aliphatic carbocycles. The third-order valence-electron chi connectivity index (χ3n) is 6.06. The van der Waals surface area contributed by atoms with Crippen LogP contribution in [0.15, 0.2) is 70.6 Å². The zero-order valence-corrected chi connectivity index (χ0v) is 20.5. The zero-order valence-electron chi connectivity index (χ0n) is 19.6. The van der Waals surface area contributed by atoms with Crippen molar-refractivity contribution in [3.05, 3.63) is 81.5 Å². The fourth-order valence-electron chi connectivity index (χ4n) is 3.65. The second-order valence-electron chi connectivity index (χ2n) is 8.29. The molecule has 2 aromatic carbocycles. The molecule has 0 amide bonds. The van der Waals surface area contributed by atoms with Crippen molar-refractivity contribution in [3.63, 3.8) is 0 Å². The standard InChI is InChI=1S/C28H34N2S/c1-7-19(3)23-13-9-11-15-25(23)29-21(5)27-17-18-28(31-27)22(6)30-26-16-12-10-14-24(26)20(4)8-2/h9-20H,7-8H2,1-6H3. The number of nitrogens with zero attached hydrogens (tertiary/aromatic N) is 2. The van der Waals surface area contributed by atoms with Gasteiger partial charge in [0.1, 0.15) is 0 Å². The van der Waals surface area contributed by atoms with Crippen LogP contribution >= 0.6 is 11.3 Å². The van der Waals surface area contributed by atoms with Crippen LogP contribution in [0.5, 0.6) is 0 Å². The van der Waals surface area contributed by atoms with Crippen molar-refractivity contribution in [3.8, 4) is 0 Å². The molecule has 2 atom stereocenters. The Labute approximate surface area is 191 Å². The van der Waals surface area contributed by atoms with Crippen LogP contribution in [0.25, 0.3) is 0 Å². The first-order valence-corrected chi connectivity index (χ1v) is 12.1. The summed E-state index contributed by atoms with van der Waals surface area (Å²) in [5.74, 6) is 1.01. The average Bonchev–Trinajstić information content (AvgIpc) is 3.29. The van der Waals surface area contributed by atoms with E-state index in [-0.39, 0.29) is 0 Å². The fourth-order valence-corrected chi connectivity index (χ4v) is 4.55. The van der Waals surface area contributed by atoms with Gasteiger partial charge in [0.25, 0.3) is 0 Å². The Morgan fingerprint density at radius 2 is 1.06 bits per heavy atom. The van der Waals surface area contributed by atoms with Crippen molar-refractivity contribution < 1.29 is 0 Å². The summed E-state index contributed by atoms with van der Waals surface area (Å²) in [5, 5.41) is 0. The predicted molar refractivity (Wildman–Crippen MR) is 138 cm³/mol. The maximum absolute atomic E-state index is 4.99. The lowest BCUT2D eigenvalue weighted by molar-refractivity contribution is 0.734. The van der Waals surface area contributed by atoms with E-state index in [9.17, 15) is 0 Å². The molecule has 0 aliphatic heterocycles. The molecule has 1 aromatic heterocycles. The molecule has 3 rings (SSSR count). The first-order chi connectivity index (χ1) is 14.9. The van der Waals surface area contributed by atoms with E-state index < -0.39 is 0 Å². The van der Waals surface area contributed by atoms with Crippen molar-refractivity contribution in [2.24, 2.45) is 9.98 Å². The highest BCUT2D eigenvalue weighted by Gasteiger charge is 2.12. The van der Waals surface area contributed by atoms with Crippen LogP contribution in [-0.4, -0.2) is 11.4 Å². The first kappa shape index (κ1) is 23.1. The summed E-state index contributed by atoms with van der Waals surface area (Å²) in [6, 6.07) is 21.3. The van der Waals surface area contributed by atoms with E-state index in [0.29, 0.717) is 11.8 Å². The predicted octanol–water partition coefficient (Wildman–Crippen LogP) is 9.06. The van der Waals surface area contributed by atoms with E-state index in [1.165, 1.54) is 20.9 Å². The minimum atomic E-state index is 0.506. The molecule has 0 radical (unpaired) electrons. The summed E-state index contributed by atoms with van der Waals surface area (Å²) in [6.07, 6.45) is 2.23. The Morgan fingerprint density at radius 1 is 0.677 bits per heavy atom. The van der Waals surface area contributed by atoms with Gasteiger partial charge in [-0.25, -0.2) is 0 Å². The molecule has 0 saturated heterocycles. The minimum Gasteiger partial charge on any atom is -0.252 e. The van der Waals surface area contributed by atoms with E-state index in [2.05, 4.69) is 102 Å². The van der Waals surface area contributed by atoms with Crippen molar-refractivity contribution in [2.75, 3.05) is 0 Å². The number of hydrogen-bond acceptors (Lipinski definition) is 3. The van der Waals surface area contributed by atoms with Gasteiger partial charge < -0.3 is 0 Å². The Morgan fingerprint density at radius 3 is 1.45 bits per heavy atom. The Balaban J connectivity index is 1.89. The van der Waals surface area contributed by atoms with Gasteiger partial charge in [0.2, 0.25) is 0 Å². The first-order valence-electron chi connectivity index (χ1n) is 11.3. The zero-order chi connectivity index (χ0) is 22.4. The third kappa shape index (κ3) is 5.59. The van der Waals surface area contributed by atoms with Crippen molar-refractivity contribution in [1.29, 1.82) is 0 Å². The summed E-state index contributed by atoms with van der Waals surface area (Å²) in [7, 11) is 0. The van der Waals surface area contributed by atoms with Crippen LogP contribution in [0.4, 0.5) is 11.4 Å². The number of hydrogen-bond donors (Lipinski definition) is 0. The molecule has 0 fully saturated rings. The lowest BCUT2D eigenvalue weighted by Crippen LogP contribution is -1.95. The van der Waals surface area contributed by atoms with Crippen LogP contribution in [0.2, 0.25) is 0 Å². The second-order valence-corrected chi connectivity index (χ2v) is 9.38. The van der Waals surface area contributed by atoms with Crippen LogP contribution < -0.4 is 0 Å². The van der Waals surface area contributed by atoms with Crippen LogP contribution in [0.3, 0.4) is 0 Å². The molecule has 1 heterocycles. The quantitative estimate of drug-likeness (QED) is 0.318. The van der Waals surface area contributed by atoms with Crippen LogP contribution in [-0.2, 0) is 0 Å². The second kappa shape index (κ2) is 10.7. The van der Waals surface area contributed by atoms with Crippen molar-refractivity contribution >= 4 is 34.1 Å². The molecule has 0 saturated carbocycles. The molecular weight excluding hydrogens is 396 g/mol. The van der Waals surface area contributed by atoms with E-state index in [4.69, 9.17) is 9.98 Å². The molecule has 0 bridgehead atoms. The average molecular weight is 431 g/mol. The maximum Gasteiger partial charge on any atom is 0.0668 e. The number of para-hydroxylation sites is 2. The van der Waals surface area contributed by atoms with E-state index in [1.807, 2.05) is 0 Å². The van der Waals surface area contributed by atoms with E-state index in [1.54, 1.807) is 11.3 Å². The van der Waals surface area contributed by atoms with Gasteiger partial charge in [-0.3, -0.25) is 9.98 Å².